The number of hydrogen-bond acceptors (Lipinski definition) is 4. The molecule has 0 bridgehead atoms. The first kappa shape index (κ1) is 19.0. The standard InChI is InChI=1S/C13H16F5N3O2S/c14-9-5-10(15)7-11(6-9)24(22,23)20-8-12(13(16,17)18)21-3-1-19-2-4-21/h5-7,12,19-20H,1-4,8H2. The predicted octanol–water partition coefficient (Wildman–Crippen LogP) is 1.08. The van der Waals surface area contributed by atoms with Gasteiger partial charge in [0.05, 0.1) is 4.90 Å². The van der Waals surface area contributed by atoms with Gasteiger partial charge < -0.3 is 5.32 Å². The Morgan fingerprint density at radius 3 is 2.17 bits per heavy atom. The lowest BCUT2D eigenvalue weighted by molar-refractivity contribution is -0.182. The van der Waals surface area contributed by atoms with Gasteiger partial charge in [-0.1, -0.05) is 0 Å². The van der Waals surface area contributed by atoms with Gasteiger partial charge in [-0.3, -0.25) is 4.90 Å². The van der Waals surface area contributed by atoms with Gasteiger partial charge in [0.25, 0.3) is 0 Å². The van der Waals surface area contributed by atoms with Crippen LogP contribution >= 0.6 is 0 Å². The molecule has 5 nitrogen and oxygen atoms in total. The summed E-state index contributed by atoms with van der Waals surface area (Å²) in [6.07, 6.45) is -4.65. The first-order chi connectivity index (χ1) is 11.1. The molecule has 1 saturated heterocycles. The van der Waals surface area contributed by atoms with E-state index in [0.717, 1.165) is 4.90 Å². The summed E-state index contributed by atoms with van der Waals surface area (Å²) < 4.78 is 91.6. The lowest BCUT2D eigenvalue weighted by atomic mass is 10.2. The third-order valence-corrected chi connectivity index (χ3v) is 4.99. The van der Waals surface area contributed by atoms with Crippen LogP contribution in [0, 0.1) is 11.6 Å². The number of halogens is 5. The lowest BCUT2D eigenvalue weighted by Gasteiger charge is -2.35. The smallest absolute Gasteiger partial charge is 0.314 e. The molecule has 1 aromatic rings. The highest BCUT2D eigenvalue weighted by atomic mass is 32.2. The second-order valence-corrected chi connectivity index (χ2v) is 7.07. The van der Waals surface area contributed by atoms with E-state index in [-0.39, 0.29) is 13.1 Å². The molecule has 136 valence electrons. The number of piperazine rings is 1. The quantitative estimate of drug-likeness (QED) is 0.759. The van der Waals surface area contributed by atoms with E-state index in [0.29, 0.717) is 31.3 Å². The van der Waals surface area contributed by atoms with E-state index in [9.17, 15) is 30.4 Å². The summed E-state index contributed by atoms with van der Waals surface area (Å²) >= 11 is 0. The number of benzene rings is 1. The van der Waals surface area contributed by atoms with Crippen LogP contribution in [0.3, 0.4) is 0 Å². The van der Waals surface area contributed by atoms with Crippen LogP contribution in [0.25, 0.3) is 0 Å². The van der Waals surface area contributed by atoms with Gasteiger partial charge in [-0.2, -0.15) is 13.2 Å². The summed E-state index contributed by atoms with van der Waals surface area (Å²) in [4.78, 5) is 0.354. The topological polar surface area (TPSA) is 61.4 Å². The Labute approximate surface area is 135 Å². The molecule has 1 aromatic carbocycles. The van der Waals surface area contributed by atoms with Crippen molar-refractivity contribution in [3.63, 3.8) is 0 Å². The van der Waals surface area contributed by atoms with Crippen molar-refractivity contribution >= 4 is 10.0 Å². The Hall–Kier alpha value is -1.30. The Bertz CT molecular complexity index is 654. The molecule has 0 aromatic heterocycles. The number of nitrogens with one attached hydrogen (secondary N) is 2. The minimum Gasteiger partial charge on any atom is -0.314 e. The van der Waals surface area contributed by atoms with Gasteiger partial charge in [0, 0.05) is 38.8 Å². The van der Waals surface area contributed by atoms with Crippen molar-refractivity contribution in [3.8, 4) is 0 Å². The van der Waals surface area contributed by atoms with Crippen molar-refractivity contribution < 1.29 is 30.4 Å². The molecule has 0 aliphatic carbocycles. The molecule has 24 heavy (non-hydrogen) atoms. The average Bonchev–Trinajstić information content (AvgIpc) is 2.46. The average molecular weight is 373 g/mol. The Morgan fingerprint density at radius 1 is 1.12 bits per heavy atom. The van der Waals surface area contributed by atoms with Crippen molar-refractivity contribution in [2.45, 2.75) is 17.1 Å². The van der Waals surface area contributed by atoms with Crippen LogP contribution in [0.5, 0.6) is 0 Å². The molecule has 1 atom stereocenters. The van der Waals surface area contributed by atoms with E-state index in [1.54, 1.807) is 4.72 Å². The largest absolute Gasteiger partial charge is 0.405 e. The van der Waals surface area contributed by atoms with Crippen molar-refractivity contribution in [1.29, 1.82) is 0 Å². The molecule has 1 aliphatic heterocycles. The zero-order chi connectivity index (χ0) is 18.0. The Kier molecular flexibility index (Phi) is 5.78. The van der Waals surface area contributed by atoms with Crippen LogP contribution < -0.4 is 10.0 Å². The fourth-order valence-electron chi connectivity index (χ4n) is 2.40. The fourth-order valence-corrected chi connectivity index (χ4v) is 3.48. The number of hydrogen-bond donors (Lipinski definition) is 2. The van der Waals surface area contributed by atoms with Crippen molar-refractivity contribution in [2.24, 2.45) is 0 Å². The SMILES string of the molecule is O=S(=O)(NCC(N1CCNCC1)C(F)(F)F)c1cc(F)cc(F)c1. The minimum atomic E-state index is -4.65. The molecule has 0 amide bonds. The number of rotatable bonds is 5. The van der Waals surface area contributed by atoms with E-state index in [2.05, 4.69) is 5.32 Å². The molecule has 0 saturated carbocycles. The molecular formula is C13H16F5N3O2S. The molecule has 11 heteroatoms. The zero-order valence-corrected chi connectivity index (χ0v) is 13.2. The van der Waals surface area contributed by atoms with E-state index in [4.69, 9.17) is 0 Å². The van der Waals surface area contributed by atoms with Crippen LogP contribution in [-0.2, 0) is 10.0 Å². The number of sulfonamides is 1. The van der Waals surface area contributed by atoms with Gasteiger partial charge in [-0.15, -0.1) is 0 Å². The third kappa shape index (κ3) is 4.85. The third-order valence-electron chi connectivity index (χ3n) is 3.58. The molecule has 1 unspecified atom stereocenters. The van der Waals surface area contributed by atoms with E-state index < -0.39 is 45.3 Å². The van der Waals surface area contributed by atoms with Gasteiger partial charge in [0.1, 0.15) is 17.7 Å². The maximum absolute atomic E-state index is 13.2. The van der Waals surface area contributed by atoms with Crippen LogP contribution in [0.4, 0.5) is 22.0 Å². The summed E-state index contributed by atoms with van der Waals surface area (Å²) in [5, 5.41) is 2.90. The second kappa shape index (κ2) is 7.30. The fraction of sp³-hybridized carbons (Fsp3) is 0.538. The van der Waals surface area contributed by atoms with E-state index in [1.165, 1.54) is 0 Å². The van der Waals surface area contributed by atoms with Crippen LogP contribution in [0.15, 0.2) is 23.1 Å². The van der Waals surface area contributed by atoms with Gasteiger partial charge in [0.15, 0.2) is 0 Å². The molecule has 0 radical (unpaired) electrons. The summed E-state index contributed by atoms with van der Waals surface area (Å²) in [5.74, 6) is -2.27. The maximum atomic E-state index is 13.2. The summed E-state index contributed by atoms with van der Waals surface area (Å²) in [5.41, 5.74) is 0. The Balaban J connectivity index is 2.15. The summed E-state index contributed by atoms with van der Waals surface area (Å²) in [7, 11) is -4.47. The summed E-state index contributed by atoms with van der Waals surface area (Å²) in [6.45, 7) is -0.00611. The molecule has 1 aliphatic rings. The highest BCUT2D eigenvalue weighted by Crippen LogP contribution is 2.25. The van der Waals surface area contributed by atoms with E-state index in [1.807, 2.05) is 0 Å². The highest BCUT2D eigenvalue weighted by molar-refractivity contribution is 7.89. The van der Waals surface area contributed by atoms with Crippen LogP contribution in [-0.4, -0.2) is 58.3 Å². The van der Waals surface area contributed by atoms with Gasteiger partial charge in [-0.05, 0) is 12.1 Å². The monoisotopic (exact) mass is 373 g/mol. The zero-order valence-electron chi connectivity index (χ0n) is 12.4. The highest BCUT2D eigenvalue weighted by Gasteiger charge is 2.44. The lowest BCUT2D eigenvalue weighted by Crippen LogP contribution is -2.57. The first-order valence-electron chi connectivity index (χ1n) is 7.07. The second-order valence-electron chi connectivity index (χ2n) is 5.30. The maximum Gasteiger partial charge on any atom is 0.405 e. The summed E-state index contributed by atoms with van der Waals surface area (Å²) in [6, 6.07) is -0.469. The molecule has 2 N–H and O–H groups in total. The van der Waals surface area contributed by atoms with Gasteiger partial charge in [0.2, 0.25) is 10.0 Å². The molecule has 1 heterocycles. The van der Waals surface area contributed by atoms with Crippen molar-refractivity contribution in [2.75, 3.05) is 32.7 Å². The first-order valence-corrected chi connectivity index (χ1v) is 8.55. The Morgan fingerprint density at radius 2 is 1.67 bits per heavy atom. The normalized spacial score (nSPS) is 18.5. The van der Waals surface area contributed by atoms with Gasteiger partial charge in [-0.25, -0.2) is 21.9 Å². The van der Waals surface area contributed by atoms with Crippen molar-refractivity contribution in [1.82, 2.24) is 14.9 Å². The van der Waals surface area contributed by atoms with E-state index >= 15 is 0 Å². The van der Waals surface area contributed by atoms with Gasteiger partial charge >= 0.3 is 6.18 Å². The molecule has 1 fully saturated rings. The predicted molar refractivity (Wildman–Crippen MR) is 75.8 cm³/mol. The van der Waals surface area contributed by atoms with Crippen LogP contribution in [0.1, 0.15) is 0 Å². The number of alkyl halides is 3. The molecule has 2 rings (SSSR count). The van der Waals surface area contributed by atoms with Crippen LogP contribution in [0.2, 0.25) is 0 Å². The minimum absolute atomic E-state index is 0.112. The molecule has 0 spiro atoms. The molecular weight excluding hydrogens is 357 g/mol. The number of nitrogens with zero attached hydrogens (tertiary/aromatic N) is 1. The van der Waals surface area contributed by atoms with Crippen molar-refractivity contribution in [3.05, 3.63) is 29.8 Å².